The number of pyridine rings is 1. The minimum Gasteiger partial charge on any atom is -0.439 e. The van der Waals surface area contributed by atoms with Crippen molar-refractivity contribution in [3.05, 3.63) is 47.6 Å². The molecule has 1 atom stereocenters. The molecule has 0 spiro atoms. The number of nitrogens with one attached hydrogen (secondary N) is 1. The average Bonchev–Trinajstić information content (AvgIpc) is 2.59. The average molecular weight is 347 g/mol. The third kappa shape index (κ3) is 4.94. The van der Waals surface area contributed by atoms with Gasteiger partial charge in [0.2, 0.25) is 11.8 Å². The smallest absolute Gasteiger partial charge is 0.224 e. The molecule has 1 fully saturated rings. The number of halogens is 1. The summed E-state index contributed by atoms with van der Waals surface area (Å²) in [6.07, 6.45) is 4.10. The van der Waals surface area contributed by atoms with Gasteiger partial charge in [-0.05, 0) is 49.1 Å². The zero-order valence-electron chi connectivity index (χ0n) is 13.2. The summed E-state index contributed by atoms with van der Waals surface area (Å²) in [5, 5.41) is 3.46. The standard InChI is InChI=1S/C18H19ClN2O3/c19-14-3-8-18(20-11-14)24-16-6-4-15(5-7-16)21-17(22)10-13-2-1-9-23-12-13/h3-8,11,13H,1-2,9-10,12H2,(H,21,22)/t13-/m1/s1. The van der Waals surface area contributed by atoms with Gasteiger partial charge < -0.3 is 14.8 Å². The molecular weight excluding hydrogens is 328 g/mol. The molecule has 3 rings (SSSR count). The van der Waals surface area contributed by atoms with Crippen LogP contribution >= 0.6 is 11.6 Å². The van der Waals surface area contributed by atoms with Gasteiger partial charge in [-0.15, -0.1) is 0 Å². The predicted molar refractivity (Wildman–Crippen MR) is 92.6 cm³/mol. The van der Waals surface area contributed by atoms with E-state index in [1.54, 1.807) is 36.4 Å². The third-order valence-corrected chi connectivity index (χ3v) is 4.01. The maximum atomic E-state index is 12.1. The Labute approximate surface area is 145 Å². The van der Waals surface area contributed by atoms with Crippen LogP contribution in [-0.2, 0) is 9.53 Å². The first kappa shape index (κ1) is 16.7. The number of hydrogen-bond acceptors (Lipinski definition) is 4. The number of aromatic nitrogens is 1. The van der Waals surface area contributed by atoms with Gasteiger partial charge in [-0.3, -0.25) is 4.79 Å². The summed E-state index contributed by atoms with van der Waals surface area (Å²) in [5.41, 5.74) is 0.744. The van der Waals surface area contributed by atoms with E-state index in [-0.39, 0.29) is 5.91 Å². The molecule has 0 saturated carbocycles. The van der Waals surface area contributed by atoms with Crippen LogP contribution in [0.4, 0.5) is 5.69 Å². The van der Waals surface area contributed by atoms with Crippen LogP contribution in [0, 0.1) is 5.92 Å². The first-order valence-electron chi connectivity index (χ1n) is 7.96. The molecule has 2 heterocycles. The van der Waals surface area contributed by atoms with Crippen molar-refractivity contribution < 1.29 is 14.3 Å². The van der Waals surface area contributed by atoms with Crippen molar-refractivity contribution in [2.24, 2.45) is 5.92 Å². The van der Waals surface area contributed by atoms with Crippen molar-refractivity contribution in [1.82, 2.24) is 4.98 Å². The first-order chi connectivity index (χ1) is 11.7. The summed E-state index contributed by atoms with van der Waals surface area (Å²) >= 11 is 5.79. The summed E-state index contributed by atoms with van der Waals surface area (Å²) in [7, 11) is 0. The Morgan fingerprint density at radius 1 is 1.29 bits per heavy atom. The minimum absolute atomic E-state index is 0.0125. The van der Waals surface area contributed by atoms with Crippen LogP contribution in [0.2, 0.25) is 5.02 Å². The molecule has 0 aliphatic carbocycles. The summed E-state index contributed by atoms with van der Waals surface area (Å²) in [6.45, 7) is 1.48. The van der Waals surface area contributed by atoms with E-state index in [0.717, 1.165) is 25.1 Å². The van der Waals surface area contributed by atoms with Gasteiger partial charge in [0.25, 0.3) is 0 Å². The van der Waals surface area contributed by atoms with E-state index in [0.29, 0.717) is 35.6 Å². The number of anilines is 1. The number of amides is 1. The molecule has 5 nitrogen and oxygen atoms in total. The highest BCUT2D eigenvalue weighted by molar-refractivity contribution is 6.30. The molecule has 1 amide bonds. The number of ether oxygens (including phenoxy) is 2. The lowest BCUT2D eigenvalue weighted by molar-refractivity contribution is -0.118. The van der Waals surface area contributed by atoms with Crippen LogP contribution in [0.5, 0.6) is 11.6 Å². The monoisotopic (exact) mass is 346 g/mol. The van der Waals surface area contributed by atoms with Gasteiger partial charge in [-0.2, -0.15) is 0 Å². The molecule has 1 aliphatic rings. The number of hydrogen-bond donors (Lipinski definition) is 1. The van der Waals surface area contributed by atoms with Crippen molar-refractivity contribution >= 4 is 23.2 Å². The number of rotatable bonds is 5. The number of benzene rings is 1. The third-order valence-electron chi connectivity index (χ3n) is 3.79. The summed E-state index contributed by atoms with van der Waals surface area (Å²) in [5.74, 6) is 1.44. The zero-order chi connectivity index (χ0) is 16.8. The minimum atomic E-state index is 0.0125. The fourth-order valence-corrected chi connectivity index (χ4v) is 2.70. The SMILES string of the molecule is O=C(C[C@H]1CCCOC1)Nc1ccc(Oc2ccc(Cl)cn2)cc1. The Balaban J connectivity index is 1.52. The van der Waals surface area contributed by atoms with E-state index in [4.69, 9.17) is 21.1 Å². The zero-order valence-corrected chi connectivity index (χ0v) is 14.0. The Morgan fingerprint density at radius 2 is 2.12 bits per heavy atom. The number of carbonyl (C=O) groups is 1. The molecule has 1 saturated heterocycles. The summed E-state index contributed by atoms with van der Waals surface area (Å²) in [6, 6.07) is 10.6. The number of nitrogens with zero attached hydrogens (tertiary/aromatic N) is 1. The van der Waals surface area contributed by atoms with Crippen molar-refractivity contribution in [3.8, 4) is 11.6 Å². The molecule has 0 unspecified atom stereocenters. The van der Waals surface area contributed by atoms with E-state index in [2.05, 4.69) is 10.3 Å². The van der Waals surface area contributed by atoms with Crippen LogP contribution in [0.15, 0.2) is 42.6 Å². The largest absolute Gasteiger partial charge is 0.439 e. The molecule has 1 aromatic heterocycles. The lowest BCUT2D eigenvalue weighted by atomic mass is 9.98. The van der Waals surface area contributed by atoms with E-state index >= 15 is 0 Å². The van der Waals surface area contributed by atoms with E-state index < -0.39 is 0 Å². The second-order valence-electron chi connectivity index (χ2n) is 5.78. The van der Waals surface area contributed by atoms with Gasteiger partial charge in [0.1, 0.15) is 5.75 Å². The van der Waals surface area contributed by atoms with Gasteiger partial charge in [-0.1, -0.05) is 11.6 Å². The second kappa shape index (κ2) is 8.13. The Bertz CT molecular complexity index is 668. The van der Waals surface area contributed by atoms with Gasteiger partial charge in [0.15, 0.2) is 0 Å². The topological polar surface area (TPSA) is 60.5 Å². The molecule has 1 aliphatic heterocycles. The molecule has 2 aromatic rings. The van der Waals surface area contributed by atoms with Crippen molar-refractivity contribution in [3.63, 3.8) is 0 Å². The van der Waals surface area contributed by atoms with Gasteiger partial charge in [-0.25, -0.2) is 4.98 Å². The van der Waals surface area contributed by atoms with Gasteiger partial charge in [0.05, 0.1) is 5.02 Å². The van der Waals surface area contributed by atoms with Crippen molar-refractivity contribution in [1.29, 1.82) is 0 Å². The summed E-state index contributed by atoms with van der Waals surface area (Å²) < 4.78 is 11.0. The predicted octanol–water partition coefficient (Wildman–Crippen LogP) is 4.28. The van der Waals surface area contributed by atoms with Crippen LogP contribution in [-0.4, -0.2) is 24.1 Å². The lowest BCUT2D eigenvalue weighted by Gasteiger charge is -2.21. The van der Waals surface area contributed by atoms with Crippen LogP contribution in [0.25, 0.3) is 0 Å². The van der Waals surface area contributed by atoms with Crippen LogP contribution < -0.4 is 10.1 Å². The number of carbonyl (C=O) groups excluding carboxylic acids is 1. The molecule has 1 N–H and O–H groups in total. The molecule has 0 bridgehead atoms. The maximum absolute atomic E-state index is 12.1. The second-order valence-corrected chi connectivity index (χ2v) is 6.21. The normalized spacial score (nSPS) is 17.3. The fraction of sp³-hybridized carbons (Fsp3) is 0.333. The molecular formula is C18H19ClN2O3. The lowest BCUT2D eigenvalue weighted by Crippen LogP contribution is -2.23. The van der Waals surface area contributed by atoms with Gasteiger partial charge in [0, 0.05) is 37.6 Å². The Kier molecular flexibility index (Phi) is 5.67. The van der Waals surface area contributed by atoms with E-state index in [1.165, 1.54) is 6.20 Å². The van der Waals surface area contributed by atoms with Gasteiger partial charge >= 0.3 is 0 Å². The summed E-state index contributed by atoms with van der Waals surface area (Å²) in [4.78, 5) is 16.1. The quantitative estimate of drug-likeness (QED) is 0.877. The van der Waals surface area contributed by atoms with Crippen LogP contribution in [0.1, 0.15) is 19.3 Å². The highest BCUT2D eigenvalue weighted by atomic mass is 35.5. The molecule has 24 heavy (non-hydrogen) atoms. The Hall–Kier alpha value is -2.11. The first-order valence-corrected chi connectivity index (χ1v) is 8.34. The molecule has 126 valence electrons. The molecule has 0 radical (unpaired) electrons. The molecule has 1 aromatic carbocycles. The Morgan fingerprint density at radius 3 is 2.79 bits per heavy atom. The highest BCUT2D eigenvalue weighted by Crippen LogP contribution is 2.23. The maximum Gasteiger partial charge on any atom is 0.224 e. The highest BCUT2D eigenvalue weighted by Gasteiger charge is 2.17. The van der Waals surface area contributed by atoms with E-state index in [9.17, 15) is 4.79 Å². The molecule has 6 heteroatoms. The van der Waals surface area contributed by atoms with Crippen molar-refractivity contribution in [2.75, 3.05) is 18.5 Å². The van der Waals surface area contributed by atoms with Crippen LogP contribution in [0.3, 0.4) is 0 Å². The van der Waals surface area contributed by atoms with Crippen molar-refractivity contribution in [2.45, 2.75) is 19.3 Å². The van der Waals surface area contributed by atoms with E-state index in [1.807, 2.05) is 0 Å². The fourth-order valence-electron chi connectivity index (χ4n) is 2.59.